The molecule has 0 aliphatic carbocycles. The fourth-order valence-corrected chi connectivity index (χ4v) is 7.72. The summed E-state index contributed by atoms with van der Waals surface area (Å²) < 4.78 is 0. The Balaban J connectivity index is 1.43. The Kier molecular flexibility index (Phi) is 20.1. The number of para-hydroxylation sites is 1. The number of hydrogen-bond donors (Lipinski definition) is 12. The molecule has 0 saturated carbocycles. The second kappa shape index (κ2) is 25.4. The van der Waals surface area contributed by atoms with Crippen molar-refractivity contribution in [2.24, 2.45) is 23.1 Å². The van der Waals surface area contributed by atoms with Crippen molar-refractivity contribution >= 4 is 52.3 Å². The van der Waals surface area contributed by atoms with Gasteiger partial charge in [0.25, 0.3) is 0 Å². The van der Waals surface area contributed by atoms with Crippen molar-refractivity contribution in [3.8, 4) is 0 Å². The molecule has 21 nitrogen and oxygen atoms in total. The van der Waals surface area contributed by atoms with E-state index in [-0.39, 0.29) is 51.0 Å². The van der Waals surface area contributed by atoms with E-state index in [1.165, 1.54) is 17.4 Å². The van der Waals surface area contributed by atoms with Crippen LogP contribution in [0.2, 0.25) is 0 Å². The normalized spacial score (nSPS) is 16.6. The third-order valence-corrected chi connectivity index (χ3v) is 11.2. The number of fused-ring (bicyclic) bond motifs is 1. The molecule has 2 aromatic heterocycles. The van der Waals surface area contributed by atoms with Gasteiger partial charge in [0.1, 0.15) is 36.3 Å². The number of carboxylic acid groups (broad SMARTS) is 1. The lowest BCUT2D eigenvalue weighted by molar-refractivity contribution is -0.143. The fraction of sp³-hybridized carbons (Fsp3) is 0.581. The second-order valence-corrected chi connectivity index (χ2v) is 16.7. The molecule has 0 radical (unpaired) electrons. The van der Waals surface area contributed by atoms with E-state index >= 15 is 0 Å². The summed E-state index contributed by atoms with van der Waals surface area (Å²) in [6.45, 7) is 3.68. The molecule has 0 spiro atoms. The number of carbonyl (C=O) groups excluding carboxylic acids is 6. The largest absolute Gasteiger partial charge is 0.480 e. The van der Waals surface area contributed by atoms with E-state index in [0.717, 1.165) is 16.5 Å². The number of amides is 6. The molecule has 21 heteroatoms. The molecule has 352 valence electrons. The van der Waals surface area contributed by atoms with E-state index in [4.69, 9.17) is 17.2 Å². The molecule has 1 aromatic carbocycles. The zero-order valence-electron chi connectivity index (χ0n) is 36.6. The number of imidazole rings is 1. The molecule has 6 amide bonds. The van der Waals surface area contributed by atoms with E-state index in [0.29, 0.717) is 50.9 Å². The number of rotatable bonds is 27. The smallest absolute Gasteiger partial charge is 0.326 e. The number of aliphatic carboxylic acids is 1. The van der Waals surface area contributed by atoms with Crippen LogP contribution in [0.4, 0.5) is 0 Å². The van der Waals surface area contributed by atoms with Gasteiger partial charge in [0.05, 0.1) is 19.0 Å². The molecular formula is C43H66N12O9. The zero-order valence-corrected chi connectivity index (χ0v) is 36.6. The predicted octanol–water partition coefficient (Wildman–Crippen LogP) is -1.20. The summed E-state index contributed by atoms with van der Waals surface area (Å²) in [5.74, 6) is -5.47. The van der Waals surface area contributed by atoms with Crippen LogP contribution in [0.5, 0.6) is 0 Å². The Bertz CT molecular complexity index is 2010. The van der Waals surface area contributed by atoms with E-state index in [1.54, 1.807) is 6.20 Å². The van der Waals surface area contributed by atoms with Gasteiger partial charge in [-0.25, -0.2) is 9.78 Å². The fourth-order valence-electron chi connectivity index (χ4n) is 7.72. The summed E-state index contributed by atoms with van der Waals surface area (Å²) in [4.78, 5) is 106. The maximum Gasteiger partial charge on any atom is 0.326 e. The van der Waals surface area contributed by atoms with Crippen LogP contribution in [0.25, 0.3) is 10.9 Å². The summed E-state index contributed by atoms with van der Waals surface area (Å²) >= 11 is 0. The van der Waals surface area contributed by atoms with E-state index in [1.807, 2.05) is 38.1 Å². The third-order valence-electron chi connectivity index (χ3n) is 11.2. The van der Waals surface area contributed by atoms with Crippen LogP contribution in [0.1, 0.15) is 82.9 Å². The summed E-state index contributed by atoms with van der Waals surface area (Å²) in [6.07, 6.45) is 7.72. The molecule has 3 aromatic rings. The van der Waals surface area contributed by atoms with Crippen LogP contribution < -0.4 is 43.8 Å². The van der Waals surface area contributed by atoms with Crippen LogP contribution in [0.3, 0.4) is 0 Å². The van der Waals surface area contributed by atoms with Gasteiger partial charge in [0, 0.05) is 42.0 Å². The zero-order chi connectivity index (χ0) is 46.8. The van der Waals surface area contributed by atoms with Gasteiger partial charge in [-0.05, 0) is 94.8 Å². The number of unbranched alkanes of at least 4 members (excludes halogenated alkanes) is 2. The average molecular weight is 895 g/mol. The lowest BCUT2D eigenvalue weighted by Crippen LogP contribution is -2.60. The molecule has 64 heavy (non-hydrogen) atoms. The maximum atomic E-state index is 14.0. The standard InChI is InChI=1S/C43H66N12O9/c1-25(2)18-33(52-37(57)29(46)19-26-21-48-30-11-4-3-10-28(26)30)40(60)54-35(23-56)42(62)55-17-9-14-36(55)41(61)51-32(13-6-8-16-45)38(58)50-31(12-5-7-15-44)39(59)53-34(43(63)64)20-27-22-47-24-49-27/h3-4,10-11,21-22,24-25,29,31-36,48,56H,5-9,12-20,23,44-46H2,1-2H3,(H,47,49)(H,50,58)(H,51,61)(H,52,57)(H,53,59)(H,54,60)(H,63,64)/t29-,31-,32-,33-,34-,35-,36-/m0/s1. The first-order valence-electron chi connectivity index (χ1n) is 22.0. The third kappa shape index (κ3) is 14.8. The van der Waals surface area contributed by atoms with Crippen LogP contribution in [-0.4, -0.2) is 140 Å². The Labute approximate surface area is 372 Å². The van der Waals surface area contributed by atoms with Crippen LogP contribution >= 0.6 is 0 Å². The molecular weight excluding hydrogens is 829 g/mol. The van der Waals surface area contributed by atoms with Crippen LogP contribution in [0, 0.1) is 5.92 Å². The summed E-state index contributed by atoms with van der Waals surface area (Å²) in [7, 11) is 0. The maximum absolute atomic E-state index is 14.0. The van der Waals surface area contributed by atoms with Crippen molar-refractivity contribution in [3.05, 3.63) is 54.2 Å². The number of carboxylic acids is 1. The van der Waals surface area contributed by atoms with Crippen molar-refractivity contribution in [2.45, 2.75) is 127 Å². The molecule has 7 atom stereocenters. The van der Waals surface area contributed by atoms with Crippen molar-refractivity contribution < 1.29 is 43.8 Å². The number of H-pyrrole nitrogens is 2. The van der Waals surface area contributed by atoms with Gasteiger partial charge in [0.15, 0.2) is 0 Å². The van der Waals surface area contributed by atoms with Crippen molar-refractivity contribution in [1.82, 2.24) is 46.4 Å². The van der Waals surface area contributed by atoms with Gasteiger partial charge in [-0.3, -0.25) is 28.8 Å². The number of likely N-dealkylation sites (tertiary alicyclic amines) is 1. The number of benzene rings is 1. The summed E-state index contributed by atoms with van der Waals surface area (Å²) in [6, 6.07) is -0.716. The van der Waals surface area contributed by atoms with Gasteiger partial charge in [-0.1, -0.05) is 32.0 Å². The Morgan fingerprint density at radius 2 is 1.41 bits per heavy atom. The number of aromatic nitrogens is 3. The van der Waals surface area contributed by atoms with Crippen LogP contribution in [0.15, 0.2) is 43.0 Å². The molecule has 4 rings (SSSR count). The van der Waals surface area contributed by atoms with Crippen molar-refractivity contribution in [3.63, 3.8) is 0 Å². The lowest BCUT2D eigenvalue weighted by Gasteiger charge is -2.30. The average Bonchev–Trinajstić information content (AvgIpc) is 4.06. The number of aliphatic hydroxyl groups excluding tert-OH is 1. The molecule has 1 aliphatic rings. The highest BCUT2D eigenvalue weighted by Gasteiger charge is 2.40. The number of hydrogen-bond acceptors (Lipinski definition) is 12. The quantitative estimate of drug-likeness (QED) is 0.0401. The first-order valence-corrected chi connectivity index (χ1v) is 22.0. The number of nitrogens with two attached hydrogens (primary N) is 3. The second-order valence-electron chi connectivity index (χ2n) is 16.7. The minimum absolute atomic E-state index is 0.0596. The SMILES string of the molecule is CC(C)C[C@H](NC(=O)[C@@H](N)Cc1c[nH]c2ccccc12)C(=O)N[C@@H](CO)C(=O)N1CCC[C@H]1C(=O)N[C@@H](CCCCN)C(=O)N[C@@H](CCCCN)C(=O)N[C@@H](Cc1cnc[nH]1)C(=O)O. The molecule has 1 fully saturated rings. The first kappa shape index (κ1) is 50.7. The van der Waals surface area contributed by atoms with Crippen molar-refractivity contribution in [1.29, 1.82) is 0 Å². The van der Waals surface area contributed by atoms with Gasteiger partial charge in [-0.15, -0.1) is 0 Å². The molecule has 0 unspecified atom stereocenters. The lowest BCUT2D eigenvalue weighted by atomic mass is 10.0. The predicted molar refractivity (Wildman–Crippen MR) is 237 cm³/mol. The van der Waals surface area contributed by atoms with Crippen LogP contribution in [-0.2, 0) is 46.4 Å². The summed E-state index contributed by atoms with van der Waals surface area (Å²) in [5, 5.41) is 34.4. The Morgan fingerprint density at radius 1 is 0.797 bits per heavy atom. The molecule has 3 heterocycles. The number of nitrogens with one attached hydrogen (secondary N) is 7. The highest BCUT2D eigenvalue weighted by atomic mass is 16.4. The molecule has 15 N–H and O–H groups in total. The van der Waals surface area contributed by atoms with E-state index < -0.39 is 90.3 Å². The summed E-state index contributed by atoms with van der Waals surface area (Å²) in [5.41, 5.74) is 19.9. The first-order chi connectivity index (χ1) is 30.7. The Morgan fingerprint density at radius 3 is 2.02 bits per heavy atom. The molecule has 1 saturated heterocycles. The van der Waals surface area contributed by atoms with Gasteiger partial charge >= 0.3 is 5.97 Å². The minimum atomic E-state index is -1.47. The highest BCUT2D eigenvalue weighted by molar-refractivity contribution is 5.97. The van der Waals surface area contributed by atoms with Gasteiger partial charge in [0.2, 0.25) is 35.4 Å². The van der Waals surface area contributed by atoms with Crippen molar-refractivity contribution in [2.75, 3.05) is 26.2 Å². The topological polar surface area (TPSA) is 346 Å². The highest BCUT2D eigenvalue weighted by Crippen LogP contribution is 2.21. The number of aliphatic hydroxyl groups is 1. The molecule has 0 bridgehead atoms. The molecule has 1 aliphatic heterocycles. The number of carbonyl (C=O) groups is 7. The van der Waals surface area contributed by atoms with E-state index in [9.17, 15) is 43.8 Å². The minimum Gasteiger partial charge on any atom is -0.480 e. The van der Waals surface area contributed by atoms with E-state index in [2.05, 4.69) is 41.5 Å². The Hall–Kier alpha value is -5.90. The van der Waals surface area contributed by atoms with Gasteiger partial charge < -0.3 is 68.9 Å². The number of aromatic amines is 2. The van der Waals surface area contributed by atoms with Gasteiger partial charge in [-0.2, -0.15) is 0 Å². The number of nitrogens with zero attached hydrogens (tertiary/aromatic N) is 2. The monoisotopic (exact) mass is 895 g/mol.